The topological polar surface area (TPSA) is 55.6 Å². The monoisotopic (exact) mass is 300 g/mol. The average molecular weight is 300 g/mol. The molecule has 0 aliphatic rings. The summed E-state index contributed by atoms with van der Waals surface area (Å²) >= 11 is 0. The molecule has 0 saturated carbocycles. The number of amides is 1. The Hall–Kier alpha value is -1.69. The van der Waals surface area contributed by atoms with Gasteiger partial charge in [-0.25, -0.2) is 0 Å². The highest BCUT2D eigenvalue weighted by atomic mass is 19.3. The Morgan fingerprint density at radius 2 is 1.95 bits per heavy atom. The number of rotatable bonds is 8. The maximum absolute atomic E-state index is 12.0. The van der Waals surface area contributed by atoms with Crippen LogP contribution in [0.2, 0.25) is 0 Å². The minimum absolute atomic E-state index is 0.0994. The third kappa shape index (κ3) is 6.08. The number of nitrogens with zero attached hydrogens (tertiary/aromatic N) is 1. The molecule has 0 heterocycles. The van der Waals surface area contributed by atoms with Gasteiger partial charge in [0.15, 0.2) is 0 Å². The van der Waals surface area contributed by atoms with Crippen LogP contribution in [0.15, 0.2) is 24.3 Å². The summed E-state index contributed by atoms with van der Waals surface area (Å²) in [7, 11) is 1.68. The van der Waals surface area contributed by atoms with Crippen LogP contribution in [0, 0.1) is 0 Å². The molecule has 2 N–H and O–H groups in total. The van der Waals surface area contributed by atoms with Crippen LogP contribution in [0.5, 0.6) is 5.75 Å². The number of likely N-dealkylation sites (N-methyl/N-ethyl adjacent to an activating group) is 1. The summed E-state index contributed by atoms with van der Waals surface area (Å²) in [6.07, 6.45) is 2.58. The molecule has 0 aromatic heterocycles. The molecule has 1 rings (SSSR count). The maximum atomic E-state index is 12.0. The van der Waals surface area contributed by atoms with Gasteiger partial charge in [0.25, 0.3) is 0 Å². The third-order valence-corrected chi connectivity index (χ3v) is 3.13. The normalized spacial score (nSPS) is 12.3. The van der Waals surface area contributed by atoms with Crippen LogP contribution >= 0.6 is 0 Å². The molecule has 0 aliphatic heterocycles. The minimum atomic E-state index is -2.84. The summed E-state index contributed by atoms with van der Waals surface area (Å²) in [6, 6.07) is 5.72. The van der Waals surface area contributed by atoms with E-state index in [0.717, 1.165) is 18.4 Å². The standard InChI is InChI=1S/C15H22F2N2O2/c1-3-4-5-13(18)14(20)19(2)10-11-6-8-12(9-7-11)21-15(16)17/h6-9,13,15H,3-5,10,18H2,1-2H3/t13-/m0/s1. The Balaban J connectivity index is 2.53. The lowest BCUT2D eigenvalue weighted by molar-refractivity contribution is -0.132. The van der Waals surface area contributed by atoms with E-state index in [2.05, 4.69) is 4.74 Å². The first-order valence-corrected chi connectivity index (χ1v) is 6.98. The number of ether oxygens (including phenoxy) is 1. The first kappa shape index (κ1) is 17.4. The van der Waals surface area contributed by atoms with Crippen LogP contribution in [0.3, 0.4) is 0 Å². The highest BCUT2D eigenvalue weighted by Gasteiger charge is 2.17. The Morgan fingerprint density at radius 1 is 1.33 bits per heavy atom. The molecule has 4 nitrogen and oxygen atoms in total. The predicted molar refractivity (Wildman–Crippen MR) is 77.0 cm³/mol. The molecule has 21 heavy (non-hydrogen) atoms. The van der Waals surface area contributed by atoms with Gasteiger partial charge in [-0.2, -0.15) is 8.78 Å². The van der Waals surface area contributed by atoms with Crippen molar-refractivity contribution in [2.24, 2.45) is 5.73 Å². The van der Waals surface area contributed by atoms with Gasteiger partial charge in [0.1, 0.15) is 5.75 Å². The summed E-state index contributed by atoms with van der Waals surface area (Å²) in [5.74, 6) is -0.0151. The SMILES string of the molecule is CCCC[C@H](N)C(=O)N(C)Cc1ccc(OC(F)F)cc1. The molecule has 118 valence electrons. The molecule has 0 unspecified atom stereocenters. The zero-order valence-electron chi connectivity index (χ0n) is 12.4. The van der Waals surface area contributed by atoms with Crippen molar-refractivity contribution in [1.82, 2.24) is 4.90 Å². The molecule has 0 fully saturated rings. The van der Waals surface area contributed by atoms with Crippen LogP contribution in [0.25, 0.3) is 0 Å². The lowest BCUT2D eigenvalue weighted by Gasteiger charge is -2.21. The van der Waals surface area contributed by atoms with Gasteiger partial charge in [-0.1, -0.05) is 31.9 Å². The number of hydrogen-bond acceptors (Lipinski definition) is 3. The molecule has 1 atom stereocenters. The number of halogens is 2. The van der Waals surface area contributed by atoms with Gasteiger partial charge >= 0.3 is 6.61 Å². The van der Waals surface area contributed by atoms with Crippen molar-refractivity contribution in [1.29, 1.82) is 0 Å². The van der Waals surface area contributed by atoms with Crippen molar-refractivity contribution in [2.75, 3.05) is 7.05 Å². The van der Waals surface area contributed by atoms with E-state index in [1.165, 1.54) is 12.1 Å². The van der Waals surface area contributed by atoms with E-state index in [9.17, 15) is 13.6 Å². The first-order chi connectivity index (χ1) is 9.93. The smallest absolute Gasteiger partial charge is 0.387 e. The van der Waals surface area contributed by atoms with E-state index in [-0.39, 0.29) is 11.7 Å². The largest absolute Gasteiger partial charge is 0.435 e. The number of nitrogens with two attached hydrogens (primary N) is 1. The van der Waals surface area contributed by atoms with E-state index in [1.807, 2.05) is 6.92 Å². The van der Waals surface area contributed by atoms with Gasteiger partial charge in [0.2, 0.25) is 5.91 Å². The zero-order valence-corrected chi connectivity index (χ0v) is 12.4. The van der Waals surface area contributed by atoms with Gasteiger partial charge in [0, 0.05) is 13.6 Å². The van der Waals surface area contributed by atoms with Gasteiger partial charge in [-0.3, -0.25) is 4.79 Å². The summed E-state index contributed by atoms with van der Waals surface area (Å²) in [6.45, 7) is -0.408. The van der Waals surface area contributed by atoms with Gasteiger partial charge in [-0.15, -0.1) is 0 Å². The lowest BCUT2D eigenvalue weighted by Crippen LogP contribution is -2.41. The number of carbonyl (C=O) groups is 1. The molecule has 1 aromatic rings. The zero-order chi connectivity index (χ0) is 15.8. The van der Waals surface area contributed by atoms with E-state index >= 15 is 0 Å². The predicted octanol–water partition coefficient (Wildman–Crippen LogP) is 2.76. The number of alkyl halides is 2. The fourth-order valence-electron chi connectivity index (χ4n) is 1.96. The molecule has 0 saturated heterocycles. The Morgan fingerprint density at radius 3 is 2.48 bits per heavy atom. The molecule has 0 spiro atoms. The summed E-state index contributed by atoms with van der Waals surface area (Å²) in [5.41, 5.74) is 6.67. The second-order valence-electron chi connectivity index (χ2n) is 4.97. The van der Waals surface area contributed by atoms with Crippen molar-refractivity contribution in [3.63, 3.8) is 0 Å². The highest BCUT2D eigenvalue weighted by molar-refractivity contribution is 5.81. The van der Waals surface area contributed by atoms with Crippen molar-refractivity contribution < 1.29 is 18.3 Å². The molecule has 6 heteroatoms. The maximum Gasteiger partial charge on any atom is 0.387 e. The Labute approximate surface area is 123 Å². The fraction of sp³-hybridized carbons (Fsp3) is 0.533. The van der Waals surface area contributed by atoms with Gasteiger partial charge in [0.05, 0.1) is 6.04 Å². The van der Waals surface area contributed by atoms with Crippen molar-refractivity contribution in [2.45, 2.75) is 45.4 Å². The first-order valence-electron chi connectivity index (χ1n) is 6.98. The minimum Gasteiger partial charge on any atom is -0.435 e. The number of benzene rings is 1. The third-order valence-electron chi connectivity index (χ3n) is 3.13. The van der Waals surface area contributed by atoms with Crippen molar-refractivity contribution >= 4 is 5.91 Å². The van der Waals surface area contributed by atoms with Crippen LogP contribution in [-0.2, 0) is 11.3 Å². The van der Waals surface area contributed by atoms with E-state index < -0.39 is 12.7 Å². The number of unbranched alkanes of at least 4 members (excludes halogenated alkanes) is 1. The second-order valence-corrected chi connectivity index (χ2v) is 4.97. The summed E-state index contributed by atoms with van der Waals surface area (Å²) in [5, 5.41) is 0. The molecule has 1 amide bonds. The quantitative estimate of drug-likeness (QED) is 0.803. The Bertz CT molecular complexity index is 438. The summed E-state index contributed by atoms with van der Waals surface area (Å²) in [4.78, 5) is 13.6. The molecular weight excluding hydrogens is 278 g/mol. The highest BCUT2D eigenvalue weighted by Crippen LogP contribution is 2.16. The van der Waals surface area contributed by atoms with Crippen molar-refractivity contribution in [3.8, 4) is 5.75 Å². The second kappa shape index (κ2) is 8.56. The molecule has 0 aliphatic carbocycles. The lowest BCUT2D eigenvalue weighted by atomic mass is 10.1. The number of carbonyl (C=O) groups excluding carboxylic acids is 1. The van der Waals surface area contributed by atoms with E-state index in [1.54, 1.807) is 24.1 Å². The van der Waals surface area contributed by atoms with E-state index in [0.29, 0.717) is 13.0 Å². The fourth-order valence-corrected chi connectivity index (χ4v) is 1.96. The Kier molecular flexibility index (Phi) is 7.08. The van der Waals surface area contributed by atoms with E-state index in [4.69, 9.17) is 5.73 Å². The van der Waals surface area contributed by atoms with Crippen LogP contribution in [-0.4, -0.2) is 30.5 Å². The van der Waals surface area contributed by atoms with Gasteiger partial charge in [-0.05, 0) is 24.1 Å². The van der Waals surface area contributed by atoms with Crippen LogP contribution in [0.4, 0.5) is 8.78 Å². The average Bonchev–Trinajstić information content (AvgIpc) is 2.45. The molecular formula is C15H22F2N2O2. The summed E-state index contributed by atoms with van der Waals surface area (Å²) < 4.78 is 28.3. The molecule has 0 radical (unpaired) electrons. The van der Waals surface area contributed by atoms with Crippen LogP contribution in [0.1, 0.15) is 31.7 Å². The number of hydrogen-bond donors (Lipinski definition) is 1. The van der Waals surface area contributed by atoms with Crippen molar-refractivity contribution in [3.05, 3.63) is 29.8 Å². The van der Waals surface area contributed by atoms with Crippen LogP contribution < -0.4 is 10.5 Å². The van der Waals surface area contributed by atoms with Gasteiger partial charge < -0.3 is 15.4 Å². The molecule has 0 bridgehead atoms. The molecule has 1 aromatic carbocycles.